The van der Waals surface area contributed by atoms with Crippen molar-refractivity contribution in [3.8, 4) is 0 Å². The predicted octanol–water partition coefficient (Wildman–Crippen LogP) is 2.93. The van der Waals surface area contributed by atoms with E-state index in [0.717, 1.165) is 28.2 Å². The number of β-amino-alcohol motifs (C(OH)–C–C–N with tert-alkyl or cyclic N) is 1. The molecule has 31 heavy (non-hydrogen) atoms. The molecule has 0 atom stereocenters. The Morgan fingerprint density at radius 3 is 2.52 bits per heavy atom. The van der Waals surface area contributed by atoms with Gasteiger partial charge in [-0.25, -0.2) is 0 Å². The van der Waals surface area contributed by atoms with E-state index in [4.69, 9.17) is 5.11 Å². The highest BCUT2D eigenvalue weighted by molar-refractivity contribution is 6.17. The zero-order valence-corrected chi connectivity index (χ0v) is 16.4. The van der Waals surface area contributed by atoms with Crippen LogP contribution in [0.2, 0.25) is 0 Å². The van der Waals surface area contributed by atoms with Gasteiger partial charge in [-0.15, -0.1) is 0 Å². The Labute approximate surface area is 176 Å². The first kappa shape index (κ1) is 20.9. The van der Waals surface area contributed by atoms with E-state index < -0.39 is 30.2 Å². The standard InChI is InChI=1S/C22H20F3N3O3/c23-22(24,25)17-11-16(26-18-12-20(30)28(9-10-29)21(18)31)5-6-19(17)27-8-7-14-3-1-2-4-15(14)13-27/h1-6,11-12,26,29H,7-10,13H2. The van der Waals surface area contributed by atoms with E-state index in [9.17, 15) is 22.8 Å². The summed E-state index contributed by atoms with van der Waals surface area (Å²) in [6, 6.07) is 11.5. The maximum Gasteiger partial charge on any atom is 0.418 e. The van der Waals surface area contributed by atoms with Crippen LogP contribution in [0, 0.1) is 0 Å². The summed E-state index contributed by atoms with van der Waals surface area (Å²) in [5.74, 6) is -1.31. The van der Waals surface area contributed by atoms with Crippen LogP contribution in [-0.4, -0.2) is 41.5 Å². The van der Waals surface area contributed by atoms with Gasteiger partial charge in [0, 0.05) is 30.5 Å². The number of amides is 2. The third-order valence-corrected chi connectivity index (χ3v) is 5.39. The molecule has 4 rings (SSSR count). The first-order valence-electron chi connectivity index (χ1n) is 9.76. The van der Waals surface area contributed by atoms with Gasteiger partial charge in [-0.3, -0.25) is 14.5 Å². The minimum atomic E-state index is -4.60. The Morgan fingerprint density at radius 2 is 1.81 bits per heavy atom. The van der Waals surface area contributed by atoms with Gasteiger partial charge < -0.3 is 15.3 Å². The molecule has 2 aromatic rings. The third kappa shape index (κ3) is 4.13. The zero-order valence-electron chi connectivity index (χ0n) is 16.4. The van der Waals surface area contributed by atoms with Gasteiger partial charge in [0.1, 0.15) is 5.70 Å². The molecule has 0 spiro atoms. The van der Waals surface area contributed by atoms with Crippen molar-refractivity contribution in [1.29, 1.82) is 0 Å². The van der Waals surface area contributed by atoms with Gasteiger partial charge in [0.05, 0.1) is 18.7 Å². The molecule has 0 fully saturated rings. The summed E-state index contributed by atoms with van der Waals surface area (Å²) in [6.45, 7) is 0.258. The van der Waals surface area contributed by atoms with Gasteiger partial charge in [0.15, 0.2) is 0 Å². The number of alkyl halides is 3. The summed E-state index contributed by atoms with van der Waals surface area (Å²) in [5.41, 5.74) is 1.29. The quantitative estimate of drug-likeness (QED) is 0.713. The highest BCUT2D eigenvalue weighted by Crippen LogP contribution is 2.40. The van der Waals surface area contributed by atoms with Crippen molar-refractivity contribution in [3.63, 3.8) is 0 Å². The molecule has 2 aromatic carbocycles. The summed E-state index contributed by atoms with van der Waals surface area (Å²) in [6.07, 6.45) is -2.94. The molecular formula is C22H20F3N3O3. The lowest BCUT2D eigenvalue weighted by Crippen LogP contribution is -2.34. The molecule has 6 nitrogen and oxygen atoms in total. The summed E-state index contributed by atoms with van der Waals surface area (Å²) in [7, 11) is 0. The van der Waals surface area contributed by atoms with Gasteiger partial charge >= 0.3 is 6.18 Å². The van der Waals surface area contributed by atoms with Crippen molar-refractivity contribution < 1.29 is 27.9 Å². The molecule has 0 aliphatic carbocycles. The molecule has 0 aromatic heterocycles. The highest BCUT2D eigenvalue weighted by Gasteiger charge is 2.36. The number of rotatable bonds is 5. The van der Waals surface area contributed by atoms with E-state index >= 15 is 0 Å². The van der Waals surface area contributed by atoms with Gasteiger partial charge in [-0.2, -0.15) is 13.2 Å². The van der Waals surface area contributed by atoms with Crippen LogP contribution in [0.1, 0.15) is 16.7 Å². The Morgan fingerprint density at radius 1 is 1.06 bits per heavy atom. The topological polar surface area (TPSA) is 72.9 Å². The van der Waals surface area contributed by atoms with Crippen LogP contribution in [0.4, 0.5) is 24.5 Å². The van der Waals surface area contributed by atoms with Crippen molar-refractivity contribution in [2.45, 2.75) is 19.1 Å². The molecular weight excluding hydrogens is 411 g/mol. The SMILES string of the molecule is O=C1C=C(Nc2ccc(N3CCc4ccccc4C3)c(C(F)(F)F)c2)C(=O)N1CCO. The number of anilines is 2. The van der Waals surface area contributed by atoms with Crippen LogP contribution < -0.4 is 10.2 Å². The Kier molecular flexibility index (Phi) is 5.45. The van der Waals surface area contributed by atoms with E-state index in [2.05, 4.69) is 5.32 Å². The van der Waals surface area contributed by atoms with Crippen LogP contribution in [-0.2, 0) is 28.7 Å². The summed E-state index contributed by atoms with van der Waals surface area (Å²) < 4.78 is 41.6. The molecule has 2 aliphatic heterocycles. The molecule has 2 heterocycles. The van der Waals surface area contributed by atoms with E-state index in [1.165, 1.54) is 12.1 Å². The maximum atomic E-state index is 13.9. The minimum absolute atomic E-state index is 0.0479. The lowest BCUT2D eigenvalue weighted by Gasteiger charge is -2.32. The molecule has 0 unspecified atom stereocenters. The van der Waals surface area contributed by atoms with Crippen molar-refractivity contribution in [2.75, 3.05) is 29.9 Å². The van der Waals surface area contributed by atoms with Crippen molar-refractivity contribution in [3.05, 3.63) is 70.9 Å². The van der Waals surface area contributed by atoms with Crippen molar-refractivity contribution >= 4 is 23.2 Å². The number of halogens is 3. The number of carbonyl (C=O) groups is 2. The van der Waals surface area contributed by atoms with Gasteiger partial charge in [0.2, 0.25) is 0 Å². The second kappa shape index (κ2) is 8.07. The fourth-order valence-electron chi connectivity index (χ4n) is 3.88. The molecule has 9 heteroatoms. The summed E-state index contributed by atoms with van der Waals surface area (Å²) in [5, 5.41) is 11.6. The first-order chi connectivity index (χ1) is 14.8. The largest absolute Gasteiger partial charge is 0.418 e. The van der Waals surface area contributed by atoms with Crippen molar-refractivity contribution in [2.24, 2.45) is 0 Å². The smallest absolute Gasteiger partial charge is 0.395 e. The molecule has 2 aliphatic rings. The number of carbonyl (C=O) groups excluding carboxylic acids is 2. The van der Waals surface area contributed by atoms with Gasteiger partial charge in [-0.1, -0.05) is 24.3 Å². The molecule has 0 bridgehead atoms. The summed E-state index contributed by atoms with van der Waals surface area (Å²) >= 11 is 0. The first-order valence-corrected chi connectivity index (χ1v) is 9.76. The maximum absolute atomic E-state index is 13.9. The minimum Gasteiger partial charge on any atom is -0.395 e. The fourth-order valence-corrected chi connectivity index (χ4v) is 3.88. The predicted molar refractivity (Wildman–Crippen MR) is 108 cm³/mol. The van der Waals surface area contributed by atoms with Gasteiger partial charge in [0.25, 0.3) is 11.8 Å². The third-order valence-electron chi connectivity index (χ3n) is 5.39. The van der Waals surface area contributed by atoms with Crippen LogP contribution in [0.3, 0.4) is 0 Å². The van der Waals surface area contributed by atoms with Crippen molar-refractivity contribution in [1.82, 2.24) is 4.90 Å². The van der Waals surface area contributed by atoms with Crippen LogP contribution >= 0.6 is 0 Å². The Hall–Kier alpha value is -3.33. The lowest BCUT2D eigenvalue weighted by molar-refractivity contribution is -0.138. The van der Waals surface area contributed by atoms with Crippen LogP contribution in [0.5, 0.6) is 0 Å². The number of benzene rings is 2. The number of aliphatic hydroxyl groups excluding tert-OH is 1. The molecule has 2 N–H and O–H groups in total. The van der Waals surface area contributed by atoms with E-state index in [1.807, 2.05) is 24.3 Å². The second-order valence-corrected chi connectivity index (χ2v) is 7.37. The number of hydrogen-bond acceptors (Lipinski definition) is 5. The number of nitrogens with one attached hydrogen (secondary N) is 1. The van der Waals surface area contributed by atoms with E-state index in [1.54, 1.807) is 4.90 Å². The lowest BCUT2D eigenvalue weighted by atomic mass is 9.98. The summed E-state index contributed by atoms with van der Waals surface area (Å²) in [4.78, 5) is 26.6. The van der Waals surface area contributed by atoms with Gasteiger partial charge in [-0.05, 0) is 35.7 Å². The molecule has 2 amide bonds. The second-order valence-electron chi connectivity index (χ2n) is 7.37. The number of fused-ring (bicyclic) bond motifs is 1. The molecule has 162 valence electrons. The number of hydrogen-bond donors (Lipinski definition) is 2. The van der Waals surface area contributed by atoms with E-state index in [0.29, 0.717) is 19.5 Å². The average Bonchev–Trinajstić information content (AvgIpc) is 3.00. The number of imide groups is 1. The zero-order chi connectivity index (χ0) is 22.2. The normalized spacial score (nSPS) is 16.5. The highest BCUT2D eigenvalue weighted by atomic mass is 19.4. The average molecular weight is 431 g/mol. The van der Waals surface area contributed by atoms with Crippen LogP contribution in [0.15, 0.2) is 54.2 Å². The molecule has 0 saturated heterocycles. The van der Waals surface area contributed by atoms with E-state index in [-0.39, 0.29) is 23.6 Å². The number of aliphatic hydroxyl groups is 1. The Balaban J connectivity index is 1.61. The Bertz CT molecular complexity index is 1070. The monoisotopic (exact) mass is 431 g/mol. The van der Waals surface area contributed by atoms with Crippen LogP contribution in [0.25, 0.3) is 0 Å². The molecule has 0 radical (unpaired) electrons. The number of nitrogens with zero attached hydrogens (tertiary/aromatic N) is 2. The molecule has 0 saturated carbocycles. The fraction of sp³-hybridized carbons (Fsp3) is 0.273.